The van der Waals surface area contributed by atoms with Gasteiger partial charge in [0.25, 0.3) is 0 Å². The van der Waals surface area contributed by atoms with E-state index in [0.29, 0.717) is 19.2 Å². The van der Waals surface area contributed by atoms with Crippen LogP contribution in [0.15, 0.2) is 0 Å². The number of amides is 1. The van der Waals surface area contributed by atoms with Crippen molar-refractivity contribution in [2.75, 3.05) is 33.4 Å². The molecule has 110 valence electrons. The molecule has 0 radical (unpaired) electrons. The van der Waals surface area contributed by atoms with E-state index < -0.39 is 0 Å². The normalized spacial score (nSPS) is 20.5. The lowest BCUT2D eigenvalue weighted by Crippen LogP contribution is -2.43. The van der Waals surface area contributed by atoms with Crippen molar-refractivity contribution in [2.45, 2.75) is 51.0 Å². The van der Waals surface area contributed by atoms with Crippen molar-refractivity contribution < 1.29 is 9.53 Å². The van der Waals surface area contributed by atoms with Crippen molar-refractivity contribution in [3.8, 4) is 0 Å². The summed E-state index contributed by atoms with van der Waals surface area (Å²) in [4.78, 5) is 14.4. The smallest absolute Gasteiger partial charge is 0.236 e. The van der Waals surface area contributed by atoms with Gasteiger partial charge < -0.3 is 15.0 Å². The zero-order chi connectivity index (χ0) is 13.5. The second-order valence-corrected chi connectivity index (χ2v) is 5.95. The summed E-state index contributed by atoms with van der Waals surface area (Å²) in [6.45, 7) is 2.88. The van der Waals surface area contributed by atoms with Crippen LogP contribution in [0.1, 0.15) is 44.9 Å². The SMILES string of the molecule is COCCNCC(=O)N(CC1CCCCC1)C1CC1. The summed E-state index contributed by atoms with van der Waals surface area (Å²) in [6.07, 6.45) is 9.12. The average molecular weight is 268 g/mol. The topological polar surface area (TPSA) is 41.6 Å². The van der Waals surface area contributed by atoms with Crippen molar-refractivity contribution in [1.29, 1.82) is 0 Å². The van der Waals surface area contributed by atoms with E-state index in [0.717, 1.165) is 19.0 Å². The van der Waals surface area contributed by atoms with Crippen LogP contribution < -0.4 is 5.32 Å². The maximum Gasteiger partial charge on any atom is 0.236 e. The Bertz CT molecular complexity index is 273. The Balaban J connectivity index is 1.73. The molecule has 4 heteroatoms. The molecule has 0 aliphatic heterocycles. The van der Waals surface area contributed by atoms with Gasteiger partial charge in [0.15, 0.2) is 0 Å². The Morgan fingerprint density at radius 1 is 1.21 bits per heavy atom. The van der Waals surface area contributed by atoms with Crippen LogP contribution in [0.25, 0.3) is 0 Å². The summed E-state index contributed by atoms with van der Waals surface area (Å²) in [5.74, 6) is 1.03. The Morgan fingerprint density at radius 3 is 2.58 bits per heavy atom. The molecule has 4 nitrogen and oxygen atoms in total. The predicted molar refractivity (Wildman–Crippen MR) is 76.1 cm³/mol. The number of hydrogen-bond donors (Lipinski definition) is 1. The zero-order valence-electron chi connectivity index (χ0n) is 12.2. The van der Waals surface area contributed by atoms with Gasteiger partial charge in [0.05, 0.1) is 13.2 Å². The molecule has 2 saturated carbocycles. The molecular weight excluding hydrogens is 240 g/mol. The van der Waals surface area contributed by atoms with Gasteiger partial charge in [0.2, 0.25) is 5.91 Å². The van der Waals surface area contributed by atoms with Gasteiger partial charge in [-0.2, -0.15) is 0 Å². The minimum atomic E-state index is 0.282. The fourth-order valence-corrected chi connectivity index (χ4v) is 2.96. The highest BCUT2D eigenvalue weighted by Gasteiger charge is 2.33. The number of carbonyl (C=O) groups excluding carboxylic acids is 1. The summed E-state index contributed by atoms with van der Waals surface area (Å²) in [6, 6.07) is 0.540. The fourth-order valence-electron chi connectivity index (χ4n) is 2.96. The molecule has 0 spiro atoms. The van der Waals surface area contributed by atoms with Gasteiger partial charge >= 0.3 is 0 Å². The number of methoxy groups -OCH3 is 1. The van der Waals surface area contributed by atoms with Gasteiger partial charge in [0.1, 0.15) is 0 Å². The minimum absolute atomic E-state index is 0.282. The maximum absolute atomic E-state index is 12.3. The van der Waals surface area contributed by atoms with Crippen LogP contribution in [0.5, 0.6) is 0 Å². The van der Waals surface area contributed by atoms with E-state index in [1.165, 1.54) is 44.9 Å². The molecule has 0 aromatic rings. The molecule has 2 aliphatic carbocycles. The van der Waals surface area contributed by atoms with Crippen LogP contribution in [0.3, 0.4) is 0 Å². The number of ether oxygens (including phenoxy) is 1. The highest BCUT2D eigenvalue weighted by Crippen LogP contribution is 2.31. The standard InChI is InChI=1S/C15H28N2O2/c1-19-10-9-16-11-15(18)17(14-7-8-14)12-13-5-3-2-4-6-13/h13-14,16H,2-12H2,1H3. The quantitative estimate of drug-likeness (QED) is 0.682. The third kappa shape index (κ3) is 5.11. The van der Waals surface area contributed by atoms with Gasteiger partial charge in [-0.05, 0) is 31.6 Å². The van der Waals surface area contributed by atoms with Crippen LogP contribution in [-0.2, 0) is 9.53 Å². The van der Waals surface area contributed by atoms with Crippen molar-refractivity contribution in [2.24, 2.45) is 5.92 Å². The zero-order valence-corrected chi connectivity index (χ0v) is 12.2. The summed E-state index contributed by atoms with van der Waals surface area (Å²) < 4.78 is 4.98. The molecule has 0 aromatic heterocycles. The van der Waals surface area contributed by atoms with E-state index in [4.69, 9.17) is 4.74 Å². The van der Waals surface area contributed by atoms with Crippen molar-refractivity contribution in [3.63, 3.8) is 0 Å². The number of nitrogens with zero attached hydrogens (tertiary/aromatic N) is 1. The minimum Gasteiger partial charge on any atom is -0.383 e. The van der Waals surface area contributed by atoms with Crippen LogP contribution >= 0.6 is 0 Å². The van der Waals surface area contributed by atoms with Crippen molar-refractivity contribution in [3.05, 3.63) is 0 Å². The number of nitrogens with one attached hydrogen (secondary N) is 1. The van der Waals surface area contributed by atoms with E-state index in [-0.39, 0.29) is 5.91 Å². The van der Waals surface area contributed by atoms with E-state index in [9.17, 15) is 4.79 Å². The first-order valence-electron chi connectivity index (χ1n) is 7.80. The lowest BCUT2D eigenvalue weighted by Gasteiger charge is -2.30. The van der Waals surface area contributed by atoms with Crippen molar-refractivity contribution in [1.82, 2.24) is 10.2 Å². The third-order valence-electron chi connectivity index (χ3n) is 4.25. The molecule has 2 fully saturated rings. The second-order valence-electron chi connectivity index (χ2n) is 5.95. The first-order valence-corrected chi connectivity index (χ1v) is 7.80. The van der Waals surface area contributed by atoms with Crippen LogP contribution in [0, 0.1) is 5.92 Å². The Hall–Kier alpha value is -0.610. The summed E-state index contributed by atoms with van der Waals surface area (Å²) in [5, 5.41) is 3.17. The van der Waals surface area contributed by atoms with Crippen LogP contribution in [-0.4, -0.2) is 50.2 Å². The number of rotatable bonds is 8. The van der Waals surface area contributed by atoms with E-state index in [1.54, 1.807) is 7.11 Å². The predicted octanol–water partition coefficient (Wildman–Crippen LogP) is 1.79. The largest absolute Gasteiger partial charge is 0.383 e. The summed E-state index contributed by atoms with van der Waals surface area (Å²) in [5.41, 5.74) is 0. The Morgan fingerprint density at radius 2 is 1.95 bits per heavy atom. The molecule has 0 atom stereocenters. The van der Waals surface area contributed by atoms with Gasteiger partial charge in [-0.3, -0.25) is 4.79 Å². The van der Waals surface area contributed by atoms with Crippen molar-refractivity contribution >= 4 is 5.91 Å². The summed E-state index contributed by atoms with van der Waals surface area (Å²) in [7, 11) is 1.68. The molecule has 1 N–H and O–H groups in total. The van der Waals surface area contributed by atoms with E-state index >= 15 is 0 Å². The molecular formula is C15H28N2O2. The van der Waals surface area contributed by atoms with Gasteiger partial charge in [-0.25, -0.2) is 0 Å². The van der Waals surface area contributed by atoms with Crippen LogP contribution in [0.2, 0.25) is 0 Å². The molecule has 19 heavy (non-hydrogen) atoms. The number of carbonyl (C=O) groups is 1. The molecule has 0 aromatic carbocycles. The van der Waals surface area contributed by atoms with E-state index in [2.05, 4.69) is 10.2 Å². The average Bonchev–Trinajstić information content (AvgIpc) is 3.26. The van der Waals surface area contributed by atoms with Gasteiger partial charge in [0, 0.05) is 26.2 Å². The Kier molecular flexibility index (Phi) is 6.11. The van der Waals surface area contributed by atoms with Crippen LogP contribution in [0.4, 0.5) is 0 Å². The molecule has 1 amide bonds. The summed E-state index contributed by atoms with van der Waals surface area (Å²) >= 11 is 0. The molecule has 2 aliphatic rings. The lowest BCUT2D eigenvalue weighted by atomic mass is 9.89. The lowest BCUT2D eigenvalue weighted by molar-refractivity contribution is -0.131. The third-order valence-corrected chi connectivity index (χ3v) is 4.25. The Labute approximate surface area is 116 Å². The molecule has 2 rings (SSSR count). The molecule has 0 heterocycles. The first-order chi connectivity index (χ1) is 9.31. The molecule has 0 bridgehead atoms. The molecule has 0 unspecified atom stereocenters. The fraction of sp³-hybridized carbons (Fsp3) is 0.933. The highest BCUT2D eigenvalue weighted by atomic mass is 16.5. The second kappa shape index (κ2) is 7.85. The van der Waals surface area contributed by atoms with E-state index in [1.807, 2.05) is 0 Å². The van der Waals surface area contributed by atoms with Gasteiger partial charge in [-0.1, -0.05) is 19.3 Å². The first kappa shape index (κ1) is 14.8. The molecule has 0 saturated heterocycles. The maximum atomic E-state index is 12.3. The number of hydrogen-bond acceptors (Lipinski definition) is 3. The van der Waals surface area contributed by atoms with Gasteiger partial charge in [-0.15, -0.1) is 0 Å². The monoisotopic (exact) mass is 268 g/mol. The highest BCUT2D eigenvalue weighted by molar-refractivity contribution is 5.79.